The average Bonchev–Trinajstić information content (AvgIpc) is 2.58. The van der Waals surface area contributed by atoms with Crippen LogP contribution in [0.15, 0.2) is 0 Å². The molecule has 6 heteroatoms. The molecular formula is C13H19F3N2S. The molecular weight excluding hydrogens is 273 g/mol. The minimum absolute atomic E-state index is 0.255. The van der Waals surface area contributed by atoms with Gasteiger partial charge in [-0.2, -0.15) is 13.2 Å². The second-order valence-electron chi connectivity index (χ2n) is 5.47. The highest BCUT2D eigenvalue weighted by molar-refractivity contribution is 7.11. The van der Waals surface area contributed by atoms with E-state index in [4.69, 9.17) is 0 Å². The van der Waals surface area contributed by atoms with Crippen LogP contribution in [-0.4, -0.2) is 11.5 Å². The monoisotopic (exact) mass is 292 g/mol. The normalized spacial score (nSPS) is 16.9. The number of hydrogen-bond donors (Lipinski definition) is 1. The Hall–Kier alpha value is -0.620. The minimum Gasteiger partial charge on any atom is -0.312 e. The van der Waals surface area contributed by atoms with Gasteiger partial charge in [-0.25, -0.2) is 4.98 Å². The molecule has 1 aliphatic carbocycles. The summed E-state index contributed by atoms with van der Waals surface area (Å²) in [6.07, 6.45) is -1.28. The quantitative estimate of drug-likeness (QED) is 0.881. The average molecular weight is 292 g/mol. The number of hydrogen-bond acceptors (Lipinski definition) is 3. The Balaban J connectivity index is 2.12. The summed E-state index contributed by atoms with van der Waals surface area (Å²) in [5, 5.41) is 3.74. The molecule has 0 aliphatic heterocycles. The standard InChI is InChI=1S/C13H19F3N2S/c1-8(2)6-17-7-10-11(13(14,15)16)18-12(19-10)9-4-3-5-9/h8-9,17H,3-7H2,1-2H3. The highest BCUT2D eigenvalue weighted by atomic mass is 32.1. The van der Waals surface area contributed by atoms with Crippen molar-refractivity contribution in [3.8, 4) is 0 Å². The lowest BCUT2D eigenvalue weighted by atomic mass is 9.86. The van der Waals surface area contributed by atoms with Gasteiger partial charge < -0.3 is 5.32 Å². The van der Waals surface area contributed by atoms with Crippen LogP contribution in [0.2, 0.25) is 0 Å². The molecule has 0 unspecified atom stereocenters. The molecule has 1 N–H and O–H groups in total. The first-order chi connectivity index (χ1) is 8.88. The molecule has 0 radical (unpaired) electrons. The number of nitrogens with one attached hydrogen (secondary N) is 1. The van der Waals surface area contributed by atoms with Crippen LogP contribution in [0.1, 0.15) is 54.6 Å². The van der Waals surface area contributed by atoms with Gasteiger partial charge in [-0.15, -0.1) is 11.3 Å². The molecule has 1 heterocycles. The topological polar surface area (TPSA) is 24.9 Å². The summed E-state index contributed by atoms with van der Waals surface area (Å²) in [5.41, 5.74) is -0.685. The number of alkyl halides is 3. The number of thiazole rings is 1. The maximum atomic E-state index is 12.9. The maximum absolute atomic E-state index is 12.9. The van der Waals surface area contributed by atoms with Gasteiger partial charge in [0.15, 0.2) is 5.69 Å². The van der Waals surface area contributed by atoms with Crippen LogP contribution in [-0.2, 0) is 12.7 Å². The Labute approximate surface area is 115 Å². The predicted molar refractivity (Wildman–Crippen MR) is 70.3 cm³/mol. The molecule has 0 aromatic carbocycles. The Morgan fingerprint density at radius 3 is 2.53 bits per heavy atom. The van der Waals surface area contributed by atoms with Crippen molar-refractivity contribution in [2.24, 2.45) is 5.92 Å². The lowest BCUT2D eigenvalue weighted by molar-refractivity contribution is -0.141. The van der Waals surface area contributed by atoms with Crippen molar-refractivity contribution in [1.82, 2.24) is 10.3 Å². The van der Waals surface area contributed by atoms with Crippen molar-refractivity contribution in [3.05, 3.63) is 15.6 Å². The summed E-state index contributed by atoms with van der Waals surface area (Å²) >= 11 is 1.23. The van der Waals surface area contributed by atoms with E-state index < -0.39 is 11.9 Å². The van der Waals surface area contributed by atoms with Crippen molar-refractivity contribution in [2.75, 3.05) is 6.54 Å². The fourth-order valence-electron chi connectivity index (χ4n) is 2.02. The van der Waals surface area contributed by atoms with Crippen LogP contribution < -0.4 is 5.32 Å². The van der Waals surface area contributed by atoms with E-state index >= 15 is 0 Å². The molecule has 0 bridgehead atoms. The summed E-state index contributed by atoms with van der Waals surface area (Å²) in [6, 6.07) is 0. The Bertz CT molecular complexity index is 422. The zero-order valence-corrected chi connectivity index (χ0v) is 12.0. The van der Waals surface area contributed by atoms with Crippen LogP contribution in [0, 0.1) is 5.92 Å². The molecule has 108 valence electrons. The zero-order chi connectivity index (χ0) is 14.0. The lowest BCUT2D eigenvalue weighted by Crippen LogP contribution is -2.20. The Kier molecular flexibility index (Phi) is 4.50. The molecule has 1 fully saturated rings. The van der Waals surface area contributed by atoms with Gasteiger partial charge in [0.25, 0.3) is 0 Å². The summed E-state index contributed by atoms with van der Waals surface area (Å²) in [5.74, 6) is 0.679. The number of aromatic nitrogens is 1. The van der Waals surface area contributed by atoms with E-state index in [0.29, 0.717) is 22.3 Å². The first kappa shape index (κ1) is 14.8. The van der Waals surface area contributed by atoms with Gasteiger partial charge in [0.05, 0.1) is 9.88 Å². The Morgan fingerprint density at radius 2 is 2.05 bits per heavy atom. The van der Waals surface area contributed by atoms with Gasteiger partial charge >= 0.3 is 6.18 Å². The zero-order valence-electron chi connectivity index (χ0n) is 11.2. The van der Waals surface area contributed by atoms with E-state index in [2.05, 4.69) is 10.3 Å². The van der Waals surface area contributed by atoms with E-state index in [1.165, 1.54) is 11.3 Å². The van der Waals surface area contributed by atoms with Gasteiger partial charge in [0.2, 0.25) is 0 Å². The minimum atomic E-state index is -4.34. The van der Waals surface area contributed by atoms with E-state index in [9.17, 15) is 13.2 Å². The van der Waals surface area contributed by atoms with Gasteiger partial charge in [-0.1, -0.05) is 20.3 Å². The van der Waals surface area contributed by atoms with Crippen LogP contribution in [0.3, 0.4) is 0 Å². The summed E-state index contributed by atoms with van der Waals surface area (Å²) in [6.45, 7) is 5.04. The molecule has 2 rings (SSSR count). The summed E-state index contributed by atoms with van der Waals surface area (Å²) < 4.78 is 38.8. The Morgan fingerprint density at radius 1 is 1.37 bits per heavy atom. The second-order valence-corrected chi connectivity index (χ2v) is 6.59. The summed E-state index contributed by atoms with van der Waals surface area (Å²) in [7, 11) is 0. The molecule has 0 spiro atoms. The molecule has 2 nitrogen and oxygen atoms in total. The highest BCUT2D eigenvalue weighted by Gasteiger charge is 2.38. The SMILES string of the molecule is CC(C)CNCc1sc(C2CCC2)nc1C(F)(F)F. The molecule has 19 heavy (non-hydrogen) atoms. The molecule has 1 aromatic rings. The molecule has 1 aromatic heterocycles. The number of rotatable bonds is 5. The van der Waals surface area contributed by atoms with Gasteiger partial charge in [-0.05, 0) is 25.3 Å². The largest absolute Gasteiger partial charge is 0.434 e. The lowest BCUT2D eigenvalue weighted by Gasteiger charge is -2.22. The predicted octanol–water partition coefficient (Wildman–Crippen LogP) is 4.18. The third-order valence-corrected chi connectivity index (χ3v) is 4.49. The molecule has 0 saturated heterocycles. The molecule has 0 atom stereocenters. The van der Waals surface area contributed by atoms with Crippen LogP contribution in [0.4, 0.5) is 13.2 Å². The number of halogens is 3. The van der Waals surface area contributed by atoms with Gasteiger partial charge in [0.1, 0.15) is 0 Å². The van der Waals surface area contributed by atoms with E-state index in [1.807, 2.05) is 13.8 Å². The fourth-order valence-corrected chi connectivity index (χ4v) is 3.24. The van der Waals surface area contributed by atoms with E-state index in [0.717, 1.165) is 19.3 Å². The third-order valence-electron chi connectivity index (χ3n) is 3.27. The first-order valence-electron chi connectivity index (χ1n) is 6.65. The molecule has 0 amide bonds. The maximum Gasteiger partial charge on any atom is 0.434 e. The van der Waals surface area contributed by atoms with Crippen molar-refractivity contribution in [3.63, 3.8) is 0 Å². The van der Waals surface area contributed by atoms with Gasteiger partial charge in [0, 0.05) is 12.5 Å². The first-order valence-corrected chi connectivity index (χ1v) is 7.47. The fraction of sp³-hybridized carbons (Fsp3) is 0.769. The third kappa shape index (κ3) is 3.69. The van der Waals surface area contributed by atoms with E-state index in [-0.39, 0.29) is 12.5 Å². The van der Waals surface area contributed by atoms with Crippen molar-refractivity contribution < 1.29 is 13.2 Å². The van der Waals surface area contributed by atoms with Crippen LogP contribution in [0.25, 0.3) is 0 Å². The van der Waals surface area contributed by atoms with Gasteiger partial charge in [-0.3, -0.25) is 0 Å². The molecule has 1 aliphatic rings. The second kappa shape index (κ2) is 5.79. The van der Waals surface area contributed by atoms with Crippen molar-refractivity contribution >= 4 is 11.3 Å². The van der Waals surface area contributed by atoms with E-state index in [1.54, 1.807) is 0 Å². The highest BCUT2D eigenvalue weighted by Crippen LogP contribution is 2.42. The number of nitrogens with zero attached hydrogens (tertiary/aromatic N) is 1. The van der Waals surface area contributed by atoms with Crippen molar-refractivity contribution in [2.45, 2.75) is 51.7 Å². The van der Waals surface area contributed by atoms with Crippen molar-refractivity contribution in [1.29, 1.82) is 0 Å². The van der Waals surface area contributed by atoms with Crippen LogP contribution in [0.5, 0.6) is 0 Å². The molecule has 1 saturated carbocycles. The van der Waals surface area contributed by atoms with Crippen LogP contribution >= 0.6 is 11.3 Å². The summed E-state index contributed by atoms with van der Waals surface area (Å²) in [4.78, 5) is 4.18. The smallest absolute Gasteiger partial charge is 0.312 e.